The number of carbonyl (C=O) groups excluding carboxylic acids is 1. The second-order valence-electron chi connectivity index (χ2n) is 5.48. The monoisotopic (exact) mass is 341 g/mol. The van der Waals surface area contributed by atoms with Crippen LogP contribution in [0.2, 0.25) is 0 Å². The van der Waals surface area contributed by atoms with Crippen molar-refractivity contribution in [3.05, 3.63) is 57.8 Å². The first-order chi connectivity index (χ1) is 11.7. The normalized spacial score (nSPS) is 10.8. The number of amides is 1. The van der Waals surface area contributed by atoms with Gasteiger partial charge in [0, 0.05) is 0 Å². The number of aryl methyl sites for hydroxylation is 2. The lowest BCUT2D eigenvalue weighted by molar-refractivity contribution is 0.102. The molecule has 3 aromatic rings. The lowest BCUT2D eigenvalue weighted by Crippen LogP contribution is -2.13. The van der Waals surface area contributed by atoms with Crippen LogP contribution in [0.25, 0.3) is 0 Å². The Morgan fingerprint density at radius 2 is 2.08 bits per heavy atom. The van der Waals surface area contributed by atoms with Gasteiger partial charge in [-0.3, -0.25) is 10.1 Å². The van der Waals surface area contributed by atoms with Crippen molar-refractivity contribution < 1.29 is 4.79 Å². The smallest absolute Gasteiger partial charge is 0.270 e. The van der Waals surface area contributed by atoms with E-state index in [9.17, 15) is 4.79 Å². The second kappa shape index (κ2) is 7.35. The van der Waals surface area contributed by atoms with Crippen LogP contribution in [0.15, 0.2) is 36.7 Å². The standard InChI is InChI=1S/C17H19N5OS/c1-3-7-14-19-12(2)15(24-14)16(23)20-17-18-11-22(21-17)10-13-8-5-4-6-9-13/h4-6,8-9,11H,3,7,10H2,1-2H3,(H,20,21,23). The van der Waals surface area contributed by atoms with E-state index in [2.05, 4.69) is 27.3 Å². The first-order valence-electron chi connectivity index (χ1n) is 7.86. The summed E-state index contributed by atoms with van der Waals surface area (Å²) in [5.41, 5.74) is 1.88. The fourth-order valence-electron chi connectivity index (χ4n) is 2.34. The van der Waals surface area contributed by atoms with Crippen LogP contribution in [0.3, 0.4) is 0 Å². The van der Waals surface area contributed by atoms with Crippen LogP contribution in [-0.4, -0.2) is 25.7 Å². The molecule has 2 aromatic heterocycles. The molecule has 6 nitrogen and oxygen atoms in total. The number of aromatic nitrogens is 4. The molecule has 124 valence electrons. The Kier molecular flexibility index (Phi) is 5.00. The van der Waals surface area contributed by atoms with Gasteiger partial charge in [0.2, 0.25) is 5.95 Å². The minimum Gasteiger partial charge on any atom is -0.288 e. The molecule has 1 amide bonds. The van der Waals surface area contributed by atoms with E-state index in [0.29, 0.717) is 17.4 Å². The van der Waals surface area contributed by atoms with Gasteiger partial charge in [-0.1, -0.05) is 37.3 Å². The molecule has 24 heavy (non-hydrogen) atoms. The minimum absolute atomic E-state index is 0.204. The van der Waals surface area contributed by atoms with Crippen LogP contribution in [0.1, 0.15) is 39.3 Å². The molecule has 0 bridgehead atoms. The van der Waals surface area contributed by atoms with E-state index in [4.69, 9.17) is 0 Å². The van der Waals surface area contributed by atoms with E-state index in [-0.39, 0.29) is 5.91 Å². The summed E-state index contributed by atoms with van der Waals surface area (Å²) in [5.74, 6) is 0.102. The van der Waals surface area contributed by atoms with E-state index in [1.165, 1.54) is 11.3 Å². The van der Waals surface area contributed by atoms with Crippen molar-refractivity contribution in [2.75, 3.05) is 5.32 Å². The van der Waals surface area contributed by atoms with E-state index in [1.807, 2.05) is 37.3 Å². The molecular formula is C17H19N5OS. The van der Waals surface area contributed by atoms with Crippen molar-refractivity contribution in [3.8, 4) is 0 Å². The van der Waals surface area contributed by atoms with Crippen LogP contribution in [0, 0.1) is 6.92 Å². The average Bonchev–Trinajstić information content (AvgIpc) is 3.15. The molecule has 0 aliphatic carbocycles. The molecule has 1 N–H and O–H groups in total. The third kappa shape index (κ3) is 3.86. The second-order valence-corrected chi connectivity index (χ2v) is 6.56. The summed E-state index contributed by atoms with van der Waals surface area (Å²) >= 11 is 1.44. The summed E-state index contributed by atoms with van der Waals surface area (Å²) in [5, 5.41) is 8.04. The highest BCUT2D eigenvalue weighted by molar-refractivity contribution is 7.13. The fraction of sp³-hybridized carbons (Fsp3) is 0.294. The molecule has 0 saturated carbocycles. The fourth-order valence-corrected chi connectivity index (χ4v) is 3.40. The van der Waals surface area contributed by atoms with Gasteiger partial charge >= 0.3 is 0 Å². The predicted octanol–water partition coefficient (Wildman–Crippen LogP) is 3.30. The summed E-state index contributed by atoms with van der Waals surface area (Å²) in [6.45, 7) is 4.57. The zero-order chi connectivity index (χ0) is 16.9. The highest BCUT2D eigenvalue weighted by Gasteiger charge is 2.16. The summed E-state index contributed by atoms with van der Waals surface area (Å²) in [7, 11) is 0. The van der Waals surface area contributed by atoms with Crippen molar-refractivity contribution in [3.63, 3.8) is 0 Å². The summed E-state index contributed by atoms with van der Waals surface area (Å²) in [6.07, 6.45) is 3.52. The largest absolute Gasteiger partial charge is 0.288 e. The lowest BCUT2D eigenvalue weighted by atomic mass is 10.2. The van der Waals surface area contributed by atoms with E-state index in [1.54, 1.807) is 11.0 Å². The zero-order valence-electron chi connectivity index (χ0n) is 13.7. The van der Waals surface area contributed by atoms with Gasteiger partial charge in [0.05, 0.1) is 17.2 Å². The van der Waals surface area contributed by atoms with Gasteiger partial charge in [-0.2, -0.15) is 0 Å². The highest BCUT2D eigenvalue weighted by atomic mass is 32.1. The zero-order valence-corrected chi connectivity index (χ0v) is 14.5. The molecule has 2 heterocycles. The third-order valence-corrected chi connectivity index (χ3v) is 4.68. The van der Waals surface area contributed by atoms with Gasteiger partial charge < -0.3 is 0 Å². The van der Waals surface area contributed by atoms with Crippen LogP contribution in [-0.2, 0) is 13.0 Å². The number of nitrogens with one attached hydrogen (secondary N) is 1. The van der Waals surface area contributed by atoms with Gasteiger partial charge in [0.15, 0.2) is 0 Å². The van der Waals surface area contributed by atoms with Crippen molar-refractivity contribution in [1.29, 1.82) is 0 Å². The average molecular weight is 341 g/mol. The molecule has 1 aromatic carbocycles. The number of hydrogen-bond acceptors (Lipinski definition) is 5. The molecule has 0 atom stereocenters. The summed E-state index contributed by atoms with van der Waals surface area (Å²) in [6, 6.07) is 9.98. The van der Waals surface area contributed by atoms with Gasteiger partial charge in [0.1, 0.15) is 11.2 Å². The maximum absolute atomic E-state index is 12.4. The molecule has 0 aliphatic rings. The molecule has 0 aliphatic heterocycles. The Hall–Kier alpha value is -2.54. The molecular weight excluding hydrogens is 322 g/mol. The van der Waals surface area contributed by atoms with Crippen LogP contribution in [0.5, 0.6) is 0 Å². The maximum atomic E-state index is 12.4. The Morgan fingerprint density at radius 1 is 1.29 bits per heavy atom. The SMILES string of the molecule is CCCc1nc(C)c(C(=O)Nc2ncn(Cc3ccccc3)n2)s1. The molecule has 7 heteroatoms. The first kappa shape index (κ1) is 16.3. The summed E-state index contributed by atoms with van der Waals surface area (Å²) < 4.78 is 1.70. The molecule has 3 rings (SSSR count). The number of benzene rings is 1. The Labute approximate surface area is 144 Å². The third-order valence-electron chi connectivity index (χ3n) is 3.46. The van der Waals surface area contributed by atoms with Crippen molar-refractivity contribution in [2.24, 2.45) is 0 Å². The van der Waals surface area contributed by atoms with Gasteiger partial charge in [-0.05, 0) is 25.3 Å². The van der Waals surface area contributed by atoms with Crippen molar-refractivity contribution >= 4 is 23.2 Å². The molecule has 0 saturated heterocycles. The Bertz CT molecular complexity index is 825. The number of rotatable bonds is 6. The highest BCUT2D eigenvalue weighted by Crippen LogP contribution is 2.20. The quantitative estimate of drug-likeness (QED) is 0.747. The lowest BCUT2D eigenvalue weighted by Gasteiger charge is -2.00. The van der Waals surface area contributed by atoms with Gasteiger partial charge in [-0.25, -0.2) is 14.6 Å². The van der Waals surface area contributed by atoms with E-state index < -0.39 is 0 Å². The summed E-state index contributed by atoms with van der Waals surface area (Å²) in [4.78, 5) is 21.6. The first-order valence-corrected chi connectivity index (χ1v) is 8.68. The number of hydrogen-bond donors (Lipinski definition) is 1. The molecule has 0 unspecified atom stereocenters. The number of anilines is 1. The Morgan fingerprint density at radius 3 is 2.83 bits per heavy atom. The minimum atomic E-state index is -0.204. The number of thiazole rings is 1. The topological polar surface area (TPSA) is 72.7 Å². The molecule has 0 spiro atoms. The van der Waals surface area contributed by atoms with Gasteiger partial charge in [0.25, 0.3) is 5.91 Å². The van der Waals surface area contributed by atoms with Crippen LogP contribution in [0.4, 0.5) is 5.95 Å². The predicted molar refractivity (Wildman–Crippen MR) is 94.4 cm³/mol. The molecule has 0 radical (unpaired) electrons. The van der Waals surface area contributed by atoms with Crippen LogP contribution < -0.4 is 5.32 Å². The molecule has 0 fully saturated rings. The van der Waals surface area contributed by atoms with Crippen molar-refractivity contribution in [2.45, 2.75) is 33.2 Å². The van der Waals surface area contributed by atoms with Gasteiger partial charge in [-0.15, -0.1) is 16.4 Å². The Balaban J connectivity index is 1.67. The van der Waals surface area contributed by atoms with Crippen LogP contribution >= 0.6 is 11.3 Å². The number of carbonyl (C=O) groups is 1. The van der Waals surface area contributed by atoms with E-state index in [0.717, 1.165) is 29.1 Å². The number of nitrogens with zero attached hydrogens (tertiary/aromatic N) is 4. The van der Waals surface area contributed by atoms with E-state index >= 15 is 0 Å². The maximum Gasteiger partial charge on any atom is 0.270 e. The van der Waals surface area contributed by atoms with Crippen molar-refractivity contribution in [1.82, 2.24) is 19.7 Å².